The second-order valence-electron chi connectivity index (χ2n) is 6.40. The average molecular weight is 343 g/mol. The van der Waals surface area contributed by atoms with Crippen molar-refractivity contribution in [2.45, 2.75) is 37.5 Å². The summed E-state index contributed by atoms with van der Waals surface area (Å²) in [5.41, 5.74) is 0.176. The molecule has 4 unspecified atom stereocenters. The van der Waals surface area contributed by atoms with Crippen LogP contribution in [-0.2, 0) is 4.74 Å². The highest BCUT2D eigenvalue weighted by molar-refractivity contribution is 6.31. The average Bonchev–Trinajstić information content (AvgIpc) is 3.02. The Balaban J connectivity index is 1.58. The first kappa shape index (κ1) is 17.1. The van der Waals surface area contributed by atoms with Crippen LogP contribution >= 0.6 is 11.6 Å². The summed E-state index contributed by atoms with van der Waals surface area (Å²) in [4.78, 5) is 0. The minimum atomic E-state index is -0.944. The molecule has 1 heterocycles. The molecule has 1 aliphatic heterocycles. The molecule has 1 saturated heterocycles. The van der Waals surface area contributed by atoms with Gasteiger partial charge in [0.15, 0.2) is 0 Å². The normalized spacial score (nSPS) is 29.6. The summed E-state index contributed by atoms with van der Waals surface area (Å²) in [6, 6.07) is 5.15. The molecule has 4 nitrogen and oxygen atoms in total. The maximum absolute atomic E-state index is 13.9. The van der Waals surface area contributed by atoms with E-state index in [-0.39, 0.29) is 10.6 Å². The Hall–Kier alpha value is -0.720. The predicted molar refractivity (Wildman–Crippen MR) is 88.1 cm³/mol. The van der Waals surface area contributed by atoms with E-state index in [1.54, 1.807) is 12.1 Å². The Morgan fingerprint density at radius 3 is 3.04 bits per heavy atom. The number of nitrogens with one attached hydrogen (secondary N) is 2. The molecule has 128 valence electrons. The summed E-state index contributed by atoms with van der Waals surface area (Å²) in [5, 5.41) is 17.5. The van der Waals surface area contributed by atoms with E-state index in [4.69, 9.17) is 16.3 Å². The molecular weight excluding hydrogens is 319 g/mol. The number of rotatable bonds is 5. The Morgan fingerprint density at radius 2 is 2.30 bits per heavy atom. The lowest BCUT2D eigenvalue weighted by molar-refractivity contribution is 0.0512. The zero-order chi connectivity index (χ0) is 16.2. The maximum Gasteiger partial charge on any atom is 0.130 e. The van der Waals surface area contributed by atoms with Gasteiger partial charge in [-0.05, 0) is 30.9 Å². The van der Waals surface area contributed by atoms with Gasteiger partial charge in [-0.2, -0.15) is 0 Å². The third kappa shape index (κ3) is 4.03. The van der Waals surface area contributed by atoms with Gasteiger partial charge < -0.3 is 20.5 Å². The standard InChI is InChI=1S/C17H24ClFN2O2/c18-12-4-2-5-13(19)17(12)16(22)9-21-14-6-1-3-11(14)15-10-23-8-7-20-15/h2,4-5,11,14-16,20-22H,1,3,6-10H2. The fourth-order valence-electron chi connectivity index (χ4n) is 3.78. The van der Waals surface area contributed by atoms with E-state index in [2.05, 4.69) is 10.6 Å². The van der Waals surface area contributed by atoms with Crippen molar-refractivity contribution in [2.24, 2.45) is 5.92 Å². The molecule has 3 N–H and O–H groups in total. The molecule has 0 radical (unpaired) electrons. The van der Waals surface area contributed by atoms with E-state index in [0.717, 1.165) is 39.0 Å². The highest BCUT2D eigenvalue weighted by Crippen LogP contribution is 2.31. The van der Waals surface area contributed by atoms with Crippen molar-refractivity contribution < 1.29 is 14.2 Å². The summed E-state index contributed by atoms with van der Waals surface area (Å²) in [5.74, 6) is 0.0238. The van der Waals surface area contributed by atoms with E-state index < -0.39 is 11.9 Å². The monoisotopic (exact) mass is 342 g/mol. The van der Waals surface area contributed by atoms with E-state index >= 15 is 0 Å². The fourth-order valence-corrected chi connectivity index (χ4v) is 4.07. The number of benzene rings is 1. The molecule has 0 bridgehead atoms. The van der Waals surface area contributed by atoms with Gasteiger partial charge in [-0.25, -0.2) is 4.39 Å². The molecular formula is C17H24ClFN2O2. The molecule has 2 aliphatic rings. The van der Waals surface area contributed by atoms with Crippen molar-refractivity contribution in [3.05, 3.63) is 34.6 Å². The highest BCUT2D eigenvalue weighted by Gasteiger charge is 2.34. The SMILES string of the molecule is OC(CNC1CCCC1C1COCCN1)c1c(F)cccc1Cl. The number of aliphatic hydroxyl groups is 1. The molecule has 1 aromatic rings. The van der Waals surface area contributed by atoms with Gasteiger partial charge in [-0.1, -0.05) is 24.1 Å². The van der Waals surface area contributed by atoms with Crippen molar-refractivity contribution in [3.63, 3.8) is 0 Å². The topological polar surface area (TPSA) is 53.5 Å². The number of morpholine rings is 1. The Bertz CT molecular complexity index is 505. The Labute approximate surface area is 141 Å². The minimum absolute atomic E-state index is 0.176. The van der Waals surface area contributed by atoms with Crippen LogP contribution in [0, 0.1) is 11.7 Å². The third-order valence-electron chi connectivity index (χ3n) is 4.94. The van der Waals surface area contributed by atoms with Crippen molar-refractivity contribution in [2.75, 3.05) is 26.3 Å². The van der Waals surface area contributed by atoms with Crippen molar-refractivity contribution in [1.29, 1.82) is 0 Å². The van der Waals surface area contributed by atoms with Crippen LogP contribution in [0.4, 0.5) is 4.39 Å². The molecule has 1 saturated carbocycles. The Morgan fingerprint density at radius 1 is 1.43 bits per heavy atom. The molecule has 4 atom stereocenters. The molecule has 1 aliphatic carbocycles. The molecule has 3 rings (SSSR count). The van der Waals surface area contributed by atoms with Crippen molar-refractivity contribution >= 4 is 11.6 Å². The third-order valence-corrected chi connectivity index (χ3v) is 5.27. The number of hydrogen-bond donors (Lipinski definition) is 3. The number of hydrogen-bond acceptors (Lipinski definition) is 4. The van der Waals surface area contributed by atoms with Gasteiger partial charge in [0.2, 0.25) is 0 Å². The lowest BCUT2D eigenvalue weighted by atomic mass is 9.93. The first-order chi connectivity index (χ1) is 11.2. The molecule has 1 aromatic carbocycles. The van der Waals surface area contributed by atoms with Gasteiger partial charge in [-0.15, -0.1) is 0 Å². The first-order valence-corrected chi connectivity index (χ1v) is 8.71. The predicted octanol–water partition coefficient (Wildman–Crippen LogP) is 2.26. The smallest absolute Gasteiger partial charge is 0.130 e. The van der Waals surface area contributed by atoms with Crippen LogP contribution in [0.25, 0.3) is 0 Å². The van der Waals surface area contributed by atoms with Gasteiger partial charge in [0.1, 0.15) is 5.82 Å². The summed E-state index contributed by atoms with van der Waals surface area (Å²) < 4.78 is 19.4. The van der Waals surface area contributed by atoms with Crippen LogP contribution in [0.5, 0.6) is 0 Å². The van der Waals surface area contributed by atoms with E-state index in [9.17, 15) is 9.50 Å². The maximum atomic E-state index is 13.9. The summed E-state index contributed by atoms with van der Waals surface area (Å²) in [6.45, 7) is 2.70. The highest BCUT2D eigenvalue weighted by atomic mass is 35.5. The number of ether oxygens (including phenoxy) is 1. The number of halogens is 2. The molecule has 0 amide bonds. The largest absolute Gasteiger partial charge is 0.387 e. The zero-order valence-corrected chi connectivity index (χ0v) is 13.9. The summed E-state index contributed by atoms with van der Waals surface area (Å²) >= 11 is 6.02. The Kier molecular flexibility index (Phi) is 5.88. The lowest BCUT2D eigenvalue weighted by Gasteiger charge is -2.33. The second kappa shape index (κ2) is 7.90. The molecule has 2 fully saturated rings. The second-order valence-corrected chi connectivity index (χ2v) is 6.80. The van der Waals surface area contributed by atoms with E-state index in [1.807, 2.05) is 0 Å². The zero-order valence-electron chi connectivity index (χ0n) is 13.1. The van der Waals surface area contributed by atoms with Crippen molar-refractivity contribution in [3.8, 4) is 0 Å². The lowest BCUT2D eigenvalue weighted by Crippen LogP contribution is -2.51. The van der Waals surface area contributed by atoms with Gasteiger partial charge in [0.05, 0.1) is 19.3 Å². The molecule has 0 aromatic heterocycles. The quantitative estimate of drug-likeness (QED) is 0.768. The van der Waals surface area contributed by atoms with E-state index in [1.165, 1.54) is 6.07 Å². The summed E-state index contributed by atoms with van der Waals surface area (Å²) in [7, 11) is 0. The van der Waals surface area contributed by atoms with Crippen LogP contribution in [0.2, 0.25) is 5.02 Å². The number of aliphatic hydroxyl groups excluding tert-OH is 1. The van der Waals surface area contributed by atoms with Crippen LogP contribution < -0.4 is 10.6 Å². The molecule has 6 heteroatoms. The fraction of sp³-hybridized carbons (Fsp3) is 0.647. The van der Waals surface area contributed by atoms with Crippen LogP contribution in [0.3, 0.4) is 0 Å². The van der Waals surface area contributed by atoms with Gasteiger partial charge in [0, 0.05) is 35.8 Å². The van der Waals surface area contributed by atoms with Crippen LogP contribution in [-0.4, -0.2) is 43.5 Å². The van der Waals surface area contributed by atoms with Gasteiger partial charge in [-0.3, -0.25) is 0 Å². The molecule has 23 heavy (non-hydrogen) atoms. The first-order valence-electron chi connectivity index (χ1n) is 8.33. The van der Waals surface area contributed by atoms with Gasteiger partial charge >= 0.3 is 0 Å². The van der Waals surface area contributed by atoms with E-state index in [0.29, 0.717) is 24.5 Å². The summed E-state index contributed by atoms with van der Waals surface area (Å²) in [6.07, 6.45) is 2.44. The molecule has 0 spiro atoms. The van der Waals surface area contributed by atoms with Crippen LogP contribution in [0.1, 0.15) is 30.9 Å². The van der Waals surface area contributed by atoms with Gasteiger partial charge in [0.25, 0.3) is 0 Å². The van der Waals surface area contributed by atoms with Crippen LogP contribution in [0.15, 0.2) is 18.2 Å². The van der Waals surface area contributed by atoms with Crippen molar-refractivity contribution in [1.82, 2.24) is 10.6 Å². The minimum Gasteiger partial charge on any atom is -0.387 e.